The van der Waals surface area contributed by atoms with Gasteiger partial charge >= 0.3 is 5.97 Å². The van der Waals surface area contributed by atoms with Crippen LogP contribution in [0.15, 0.2) is 0 Å². The van der Waals surface area contributed by atoms with Gasteiger partial charge in [0.05, 0.1) is 12.2 Å². The second kappa shape index (κ2) is 5.13. The summed E-state index contributed by atoms with van der Waals surface area (Å²) < 4.78 is 4.85. The summed E-state index contributed by atoms with van der Waals surface area (Å²) in [7, 11) is 0. The van der Waals surface area contributed by atoms with Gasteiger partial charge < -0.3 is 9.84 Å². The van der Waals surface area contributed by atoms with Crippen LogP contribution in [0.4, 0.5) is 0 Å². The quantitative estimate of drug-likeness (QED) is 0.626. The number of carbonyl (C=O) groups excluding carboxylic acids is 1. The SMILES string of the molecule is CC(=O)O[C@H](C)CC[C@@H](C)O. The third kappa shape index (κ3) is 7.33. The molecule has 0 aromatic carbocycles. The van der Waals surface area contributed by atoms with Gasteiger partial charge in [0.2, 0.25) is 0 Å². The molecule has 0 aromatic heterocycles. The lowest BCUT2D eigenvalue weighted by Crippen LogP contribution is -2.14. The zero-order chi connectivity index (χ0) is 8.85. The molecule has 0 fully saturated rings. The number of rotatable bonds is 4. The topological polar surface area (TPSA) is 46.5 Å². The first-order valence-corrected chi connectivity index (χ1v) is 3.87. The van der Waals surface area contributed by atoms with Gasteiger partial charge in [-0.3, -0.25) is 4.79 Å². The van der Waals surface area contributed by atoms with Crippen LogP contribution < -0.4 is 0 Å². The van der Waals surface area contributed by atoms with Crippen LogP contribution in [0.2, 0.25) is 0 Å². The Morgan fingerprint density at radius 3 is 2.36 bits per heavy atom. The Hall–Kier alpha value is -0.570. The summed E-state index contributed by atoms with van der Waals surface area (Å²) in [4.78, 5) is 10.4. The molecule has 0 aliphatic carbocycles. The number of esters is 1. The molecule has 0 bridgehead atoms. The fourth-order valence-electron chi connectivity index (χ4n) is 0.818. The normalized spacial score (nSPS) is 15.6. The fraction of sp³-hybridized carbons (Fsp3) is 0.875. The third-order valence-corrected chi connectivity index (χ3v) is 1.36. The minimum atomic E-state index is -0.312. The zero-order valence-corrected chi connectivity index (χ0v) is 7.33. The van der Waals surface area contributed by atoms with Crippen molar-refractivity contribution in [3.8, 4) is 0 Å². The van der Waals surface area contributed by atoms with Crippen molar-refractivity contribution < 1.29 is 14.6 Å². The van der Waals surface area contributed by atoms with Gasteiger partial charge in [0.1, 0.15) is 0 Å². The molecule has 0 saturated heterocycles. The highest BCUT2D eigenvalue weighted by molar-refractivity contribution is 5.66. The van der Waals surface area contributed by atoms with Crippen LogP contribution in [0.3, 0.4) is 0 Å². The van der Waals surface area contributed by atoms with Crippen molar-refractivity contribution in [2.24, 2.45) is 0 Å². The first kappa shape index (κ1) is 10.4. The fourth-order valence-corrected chi connectivity index (χ4v) is 0.818. The van der Waals surface area contributed by atoms with E-state index in [0.29, 0.717) is 6.42 Å². The zero-order valence-electron chi connectivity index (χ0n) is 7.33. The monoisotopic (exact) mass is 160 g/mol. The van der Waals surface area contributed by atoms with Crippen LogP contribution in [-0.2, 0) is 9.53 Å². The minimum absolute atomic E-state index is 0.0814. The first-order chi connectivity index (χ1) is 5.02. The summed E-state index contributed by atoms with van der Waals surface area (Å²) in [5.41, 5.74) is 0. The molecule has 1 N–H and O–H groups in total. The molecule has 3 nitrogen and oxygen atoms in total. The van der Waals surface area contributed by atoms with Crippen LogP contribution in [-0.4, -0.2) is 23.3 Å². The summed E-state index contributed by atoms with van der Waals surface area (Å²) in [6.07, 6.45) is 1.00. The van der Waals surface area contributed by atoms with Gasteiger partial charge in [-0.25, -0.2) is 0 Å². The number of hydrogen-bond acceptors (Lipinski definition) is 3. The van der Waals surface area contributed by atoms with E-state index in [0.717, 1.165) is 6.42 Å². The molecular weight excluding hydrogens is 144 g/mol. The minimum Gasteiger partial charge on any atom is -0.463 e. The van der Waals surface area contributed by atoms with Crippen LogP contribution in [0.1, 0.15) is 33.6 Å². The van der Waals surface area contributed by atoms with Gasteiger partial charge in [0.15, 0.2) is 0 Å². The van der Waals surface area contributed by atoms with Gasteiger partial charge in [-0.15, -0.1) is 0 Å². The average Bonchev–Trinajstić information content (AvgIpc) is 1.82. The highest BCUT2D eigenvalue weighted by Crippen LogP contribution is 2.04. The number of carbonyl (C=O) groups is 1. The molecular formula is C8H16O3. The molecule has 0 rings (SSSR count). The van der Waals surface area contributed by atoms with Crippen molar-refractivity contribution in [3.63, 3.8) is 0 Å². The highest BCUT2D eigenvalue weighted by atomic mass is 16.5. The Bertz CT molecular complexity index is 121. The Labute approximate surface area is 67.4 Å². The summed E-state index contributed by atoms with van der Waals surface area (Å²) in [6.45, 7) is 4.93. The van der Waals surface area contributed by atoms with Gasteiger partial charge in [-0.1, -0.05) is 0 Å². The molecule has 0 aliphatic heterocycles. The predicted molar refractivity (Wildman–Crippen MR) is 42.1 cm³/mol. The van der Waals surface area contributed by atoms with E-state index in [9.17, 15) is 4.79 Å². The maximum atomic E-state index is 10.4. The number of hydrogen-bond donors (Lipinski definition) is 1. The van der Waals surface area contributed by atoms with Crippen LogP contribution in [0.25, 0.3) is 0 Å². The Balaban J connectivity index is 3.37. The number of ether oxygens (including phenoxy) is 1. The van der Waals surface area contributed by atoms with Crippen molar-refractivity contribution in [2.45, 2.75) is 45.8 Å². The van der Waals surface area contributed by atoms with Crippen molar-refractivity contribution in [3.05, 3.63) is 0 Å². The third-order valence-electron chi connectivity index (χ3n) is 1.36. The first-order valence-electron chi connectivity index (χ1n) is 3.87. The summed E-state index contributed by atoms with van der Waals surface area (Å²) in [5, 5.41) is 8.89. The van der Waals surface area contributed by atoms with E-state index in [2.05, 4.69) is 0 Å². The molecule has 2 atom stereocenters. The Kier molecular flexibility index (Phi) is 4.86. The smallest absolute Gasteiger partial charge is 0.302 e. The molecule has 66 valence electrons. The standard InChI is InChI=1S/C8H16O3/c1-6(9)4-5-7(2)11-8(3)10/h6-7,9H,4-5H2,1-3H3/t6-,7-/m1/s1. The Morgan fingerprint density at radius 2 is 2.00 bits per heavy atom. The van der Waals surface area contributed by atoms with Crippen molar-refractivity contribution in [1.29, 1.82) is 0 Å². The molecule has 0 aliphatic rings. The van der Waals surface area contributed by atoms with E-state index in [1.54, 1.807) is 6.92 Å². The Morgan fingerprint density at radius 1 is 1.45 bits per heavy atom. The molecule has 0 saturated carbocycles. The molecule has 3 heteroatoms. The summed E-state index contributed by atoms with van der Waals surface area (Å²) in [6, 6.07) is 0. The van der Waals surface area contributed by atoms with E-state index < -0.39 is 0 Å². The van der Waals surface area contributed by atoms with E-state index in [1.165, 1.54) is 6.92 Å². The average molecular weight is 160 g/mol. The maximum Gasteiger partial charge on any atom is 0.302 e. The maximum absolute atomic E-state index is 10.4. The van der Waals surface area contributed by atoms with E-state index in [4.69, 9.17) is 9.84 Å². The van der Waals surface area contributed by atoms with Gasteiger partial charge in [-0.05, 0) is 26.7 Å². The lowest BCUT2D eigenvalue weighted by Gasteiger charge is -2.12. The molecule has 0 unspecified atom stereocenters. The van der Waals surface area contributed by atoms with E-state index in [-0.39, 0.29) is 18.2 Å². The van der Waals surface area contributed by atoms with Gasteiger partial charge in [0, 0.05) is 6.92 Å². The second-order valence-corrected chi connectivity index (χ2v) is 2.85. The second-order valence-electron chi connectivity index (χ2n) is 2.85. The van der Waals surface area contributed by atoms with Gasteiger partial charge in [-0.2, -0.15) is 0 Å². The van der Waals surface area contributed by atoms with Gasteiger partial charge in [0.25, 0.3) is 0 Å². The largest absolute Gasteiger partial charge is 0.463 e. The van der Waals surface area contributed by atoms with Crippen molar-refractivity contribution in [1.82, 2.24) is 0 Å². The van der Waals surface area contributed by atoms with Crippen LogP contribution in [0.5, 0.6) is 0 Å². The lowest BCUT2D eigenvalue weighted by molar-refractivity contribution is -0.145. The van der Waals surface area contributed by atoms with Crippen molar-refractivity contribution >= 4 is 5.97 Å². The summed E-state index contributed by atoms with van der Waals surface area (Å²) >= 11 is 0. The number of aliphatic hydroxyl groups is 1. The molecule has 0 amide bonds. The van der Waals surface area contributed by atoms with Crippen LogP contribution >= 0.6 is 0 Å². The highest BCUT2D eigenvalue weighted by Gasteiger charge is 2.06. The number of aliphatic hydroxyl groups excluding tert-OH is 1. The molecule has 0 spiro atoms. The molecule has 11 heavy (non-hydrogen) atoms. The molecule has 0 radical (unpaired) electrons. The molecule has 0 aromatic rings. The predicted octanol–water partition coefficient (Wildman–Crippen LogP) is 1.10. The van der Waals surface area contributed by atoms with E-state index >= 15 is 0 Å². The van der Waals surface area contributed by atoms with Crippen molar-refractivity contribution in [2.75, 3.05) is 0 Å². The lowest BCUT2D eigenvalue weighted by atomic mass is 10.1. The van der Waals surface area contributed by atoms with E-state index in [1.807, 2.05) is 6.92 Å². The summed E-state index contributed by atoms with van der Waals surface area (Å²) in [5.74, 6) is -0.261. The van der Waals surface area contributed by atoms with Crippen LogP contribution in [0, 0.1) is 0 Å². The molecule has 0 heterocycles.